The first kappa shape index (κ1) is 13.9. The molecule has 0 unspecified atom stereocenters. The van der Waals surface area contributed by atoms with Gasteiger partial charge in [0.1, 0.15) is 29.0 Å². The lowest BCUT2D eigenvalue weighted by molar-refractivity contribution is -0.257. The van der Waals surface area contributed by atoms with Crippen LogP contribution in [-0.2, 0) is 6.54 Å². The molecular formula is C14H14NO5-. The van der Waals surface area contributed by atoms with Gasteiger partial charge >= 0.3 is 0 Å². The van der Waals surface area contributed by atoms with Gasteiger partial charge in [0.15, 0.2) is 0 Å². The summed E-state index contributed by atoms with van der Waals surface area (Å²) in [5.41, 5.74) is 1.05. The maximum Gasteiger partial charge on any atom is 0.255 e. The lowest BCUT2D eigenvalue weighted by Gasteiger charge is -2.02. The van der Waals surface area contributed by atoms with E-state index in [1.807, 2.05) is 0 Å². The Labute approximate surface area is 115 Å². The van der Waals surface area contributed by atoms with Gasteiger partial charge in [0.2, 0.25) is 0 Å². The number of furan rings is 2. The Morgan fingerprint density at radius 2 is 1.85 bits per heavy atom. The van der Waals surface area contributed by atoms with Crippen LogP contribution in [0.3, 0.4) is 0 Å². The first-order valence-corrected chi connectivity index (χ1v) is 6.04. The SMILES string of the molecule is Cc1cc(C(=O)NCc2cc(C(=O)[O-])oc2C)c(C)o1. The number of carboxylic acids is 1. The summed E-state index contributed by atoms with van der Waals surface area (Å²) in [6, 6.07) is 3.00. The van der Waals surface area contributed by atoms with E-state index in [4.69, 9.17) is 8.83 Å². The van der Waals surface area contributed by atoms with Crippen molar-refractivity contribution < 1.29 is 23.5 Å². The number of nitrogens with one attached hydrogen (secondary N) is 1. The summed E-state index contributed by atoms with van der Waals surface area (Å²) in [6.45, 7) is 5.27. The van der Waals surface area contributed by atoms with E-state index in [1.54, 1.807) is 26.8 Å². The van der Waals surface area contributed by atoms with Crippen molar-refractivity contribution in [3.8, 4) is 0 Å². The average molecular weight is 276 g/mol. The zero-order valence-corrected chi connectivity index (χ0v) is 11.4. The number of rotatable bonds is 4. The molecule has 0 spiro atoms. The number of carbonyl (C=O) groups excluding carboxylic acids is 2. The molecule has 0 saturated carbocycles. The van der Waals surface area contributed by atoms with Gasteiger partial charge in [0.05, 0.1) is 5.56 Å². The molecule has 0 bridgehead atoms. The van der Waals surface area contributed by atoms with E-state index in [2.05, 4.69) is 5.32 Å². The van der Waals surface area contributed by atoms with Crippen LogP contribution in [0.15, 0.2) is 21.0 Å². The maximum absolute atomic E-state index is 12.0. The van der Waals surface area contributed by atoms with Crippen molar-refractivity contribution >= 4 is 11.9 Å². The van der Waals surface area contributed by atoms with Crippen LogP contribution in [0.4, 0.5) is 0 Å². The number of carbonyl (C=O) groups is 2. The molecule has 0 aliphatic rings. The normalized spacial score (nSPS) is 10.6. The zero-order chi connectivity index (χ0) is 14.9. The van der Waals surface area contributed by atoms with E-state index < -0.39 is 5.97 Å². The molecule has 6 nitrogen and oxygen atoms in total. The van der Waals surface area contributed by atoms with Crippen molar-refractivity contribution in [1.29, 1.82) is 0 Å². The molecule has 20 heavy (non-hydrogen) atoms. The van der Waals surface area contributed by atoms with Gasteiger partial charge in [-0.05, 0) is 32.9 Å². The third-order valence-electron chi connectivity index (χ3n) is 2.95. The lowest BCUT2D eigenvalue weighted by atomic mass is 10.2. The van der Waals surface area contributed by atoms with E-state index in [0.717, 1.165) is 0 Å². The summed E-state index contributed by atoms with van der Waals surface area (Å²) in [4.78, 5) is 22.6. The van der Waals surface area contributed by atoms with Crippen molar-refractivity contribution in [3.63, 3.8) is 0 Å². The van der Waals surface area contributed by atoms with Gasteiger partial charge in [-0.1, -0.05) is 0 Å². The molecule has 2 heterocycles. The molecule has 0 atom stereocenters. The van der Waals surface area contributed by atoms with Crippen LogP contribution in [0, 0.1) is 20.8 Å². The number of aromatic carboxylic acids is 1. The highest BCUT2D eigenvalue weighted by molar-refractivity contribution is 5.95. The predicted octanol–water partition coefficient (Wildman–Crippen LogP) is 1.09. The van der Waals surface area contributed by atoms with Gasteiger partial charge < -0.3 is 24.1 Å². The zero-order valence-electron chi connectivity index (χ0n) is 11.4. The van der Waals surface area contributed by atoms with E-state index in [1.165, 1.54) is 6.07 Å². The second kappa shape index (κ2) is 5.24. The largest absolute Gasteiger partial charge is 0.542 e. The Hall–Kier alpha value is -2.50. The van der Waals surface area contributed by atoms with Crippen LogP contribution in [-0.4, -0.2) is 11.9 Å². The van der Waals surface area contributed by atoms with Crippen molar-refractivity contribution in [3.05, 3.63) is 46.3 Å². The Morgan fingerprint density at radius 3 is 2.35 bits per heavy atom. The molecule has 6 heteroatoms. The quantitative estimate of drug-likeness (QED) is 0.901. The molecule has 0 fully saturated rings. The van der Waals surface area contributed by atoms with Crippen molar-refractivity contribution in [2.24, 2.45) is 0 Å². The lowest BCUT2D eigenvalue weighted by Crippen LogP contribution is -2.23. The number of amides is 1. The van der Waals surface area contributed by atoms with Gasteiger partial charge in [-0.2, -0.15) is 0 Å². The summed E-state index contributed by atoms with van der Waals surface area (Å²) >= 11 is 0. The Bertz CT molecular complexity index is 665. The van der Waals surface area contributed by atoms with Crippen LogP contribution < -0.4 is 10.4 Å². The molecule has 0 aliphatic heterocycles. The maximum atomic E-state index is 12.0. The first-order valence-electron chi connectivity index (χ1n) is 6.04. The number of aryl methyl sites for hydroxylation is 3. The van der Waals surface area contributed by atoms with Crippen LogP contribution in [0.1, 0.15) is 43.8 Å². The summed E-state index contributed by atoms with van der Waals surface area (Å²) in [5.74, 6) is -0.278. The molecule has 0 radical (unpaired) electrons. The molecule has 2 aromatic rings. The molecule has 1 amide bonds. The van der Waals surface area contributed by atoms with Crippen LogP contribution >= 0.6 is 0 Å². The standard InChI is InChI=1S/C14H15NO5/c1-7-4-11(9(3)19-7)13(16)15-6-10-5-12(14(17)18)20-8(10)2/h4-5H,6H2,1-3H3,(H,15,16)(H,17,18)/p-1. The highest BCUT2D eigenvalue weighted by atomic mass is 16.4. The van der Waals surface area contributed by atoms with Crippen LogP contribution in [0.2, 0.25) is 0 Å². The number of hydrogen-bond donors (Lipinski definition) is 1. The Kier molecular flexibility index (Phi) is 3.65. The summed E-state index contributed by atoms with van der Waals surface area (Å²) < 4.78 is 10.3. The third kappa shape index (κ3) is 2.74. The third-order valence-corrected chi connectivity index (χ3v) is 2.95. The van der Waals surface area contributed by atoms with Crippen molar-refractivity contribution in [2.75, 3.05) is 0 Å². The second-order valence-corrected chi connectivity index (χ2v) is 4.49. The van der Waals surface area contributed by atoms with Gasteiger partial charge in [-0.3, -0.25) is 4.79 Å². The molecule has 0 aromatic carbocycles. The van der Waals surface area contributed by atoms with Crippen molar-refractivity contribution in [2.45, 2.75) is 27.3 Å². The summed E-state index contributed by atoms with van der Waals surface area (Å²) in [5, 5.41) is 13.4. The monoisotopic (exact) mass is 276 g/mol. The highest BCUT2D eigenvalue weighted by Gasteiger charge is 2.14. The van der Waals surface area contributed by atoms with Gasteiger partial charge in [-0.15, -0.1) is 0 Å². The first-order chi connectivity index (χ1) is 9.38. The number of carboxylic acid groups (broad SMARTS) is 1. The molecule has 2 aromatic heterocycles. The molecule has 0 saturated heterocycles. The van der Waals surface area contributed by atoms with Crippen LogP contribution in [0.25, 0.3) is 0 Å². The minimum Gasteiger partial charge on any atom is -0.542 e. The van der Waals surface area contributed by atoms with Gasteiger partial charge in [0.25, 0.3) is 5.91 Å². The van der Waals surface area contributed by atoms with E-state index in [-0.39, 0.29) is 18.2 Å². The minimum absolute atomic E-state index is 0.172. The van der Waals surface area contributed by atoms with Gasteiger partial charge in [0, 0.05) is 12.1 Å². The molecule has 106 valence electrons. The summed E-state index contributed by atoms with van der Waals surface area (Å²) in [7, 11) is 0. The fourth-order valence-corrected chi connectivity index (χ4v) is 1.92. The predicted molar refractivity (Wildman–Crippen MR) is 67.1 cm³/mol. The highest BCUT2D eigenvalue weighted by Crippen LogP contribution is 2.16. The number of hydrogen-bond acceptors (Lipinski definition) is 5. The van der Waals surface area contributed by atoms with Gasteiger partial charge in [-0.25, -0.2) is 0 Å². The summed E-state index contributed by atoms with van der Waals surface area (Å²) in [6.07, 6.45) is 0. The fourth-order valence-electron chi connectivity index (χ4n) is 1.92. The average Bonchev–Trinajstić information content (AvgIpc) is 2.89. The molecule has 1 N–H and O–H groups in total. The van der Waals surface area contributed by atoms with Crippen molar-refractivity contribution in [1.82, 2.24) is 5.32 Å². The molecular weight excluding hydrogens is 262 g/mol. The molecule has 2 rings (SSSR count). The fraction of sp³-hybridized carbons (Fsp3) is 0.286. The smallest absolute Gasteiger partial charge is 0.255 e. The van der Waals surface area contributed by atoms with E-state index >= 15 is 0 Å². The topological polar surface area (TPSA) is 95.5 Å². The second-order valence-electron chi connectivity index (χ2n) is 4.49. The Balaban J connectivity index is 2.07. The van der Waals surface area contributed by atoms with Crippen LogP contribution in [0.5, 0.6) is 0 Å². The molecule has 0 aliphatic carbocycles. The Morgan fingerprint density at radius 1 is 1.15 bits per heavy atom. The minimum atomic E-state index is -1.38. The van der Waals surface area contributed by atoms with E-state index in [9.17, 15) is 14.7 Å². The van der Waals surface area contributed by atoms with E-state index in [0.29, 0.717) is 28.4 Å².